The van der Waals surface area contributed by atoms with E-state index in [0.29, 0.717) is 16.6 Å². The van der Waals surface area contributed by atoms with Crippen LogP contribution in [0.3, 0.4) is 0 Å². The molecule has 1 aromatic rings. The van der Waals surface area contributed by atoms with Crippen molar-refractivity contribution < 1.29 is 13.5 Å². The standard InChI is InChI=1S/C10H14BrNO3S/c1-3-12-16(14,15)9-5-8(6-13)4-7(2)10(9)11/h4-5,12-13H,3,6H2,1-2H3. The van der Waals surface area contributed by atoms with E-state index in [1.807, 2.05) is 0 Å². The number of sulfonamides is 1. The Balaban J connectivity index is 3.38. The number of hydrogen-bond acceptors (Lipinski definition) is 3. The number of nitrogens with one attached hydrogen (secondary N) is 1. The Morgan fingerprint density at radius 2 is 2.06 bits per heavy atom. The van der Waals surface area contributed by atoms with Gasteiger partial charge in [0.1, 0.15) is 0 Å². The number of aliphatic hydroxyl groups is 1. The molecule has 6 heteroatoms. The molecule has 0 fully saturated rings. The van der Waals surface area contributed by atoms with E-state index in [4.69, 9.17) is 5.11 Å². The van der Waals surface area contributed by atoms with E-state index in [1.165, 1.54) is 6.07 Å². The van der Waals surface area contributed by atoms with Gasteiger partial charge in [-0.2, -0.15) is 0 Å². The van der Waals surface area contributed by atoms with Crippen molar-refractivity contribution in [3.63, 3.8) is 0 Å². The first kappa shape index (κ1) is 13.6. The fraction of sp³-hybridized carbons (Fsp3) is 0.400. The van der Waals surface area contributed by atoms with Gasteiger partial charge in [-0.15, -0.1) is 0 Å². The maximum absolute atomic E-state index is 11.9. The van der Waals surface area contributed by atoms with Crippen LogP contribution in [0.15, 0.2) is 21.5 Å². The zero-order valence-electron chi connectivity index (χ0n) is 9.12. The fourth-order valence-electron chi connectivity index (χ4n) is 1.36. The molecule has 0 saturated heterocycles. The Hall–Kier alpha value is -0.430. The fourth-order valence-corrected chi connectivity index (χ4v) is 3.47. The quantitative estimate of drug-likeness (QED) is 0.887. The number of aliphatic hydroxyl groups excluding tert-OH is 1. The molecule has 0 aliphatic heterocycles. The minimum Gasteiger partial charge on any atom is -0.392 e. The monoisotopic (exact) mass is 307 g/mol. The van der Waals surface area contributed by atoms with Crippen LogP contribution in [0, 0.1) is 6.92 Å². The van der Waals surface area contributed by atoms with Crippen LogP contribution in [0.1, 0.15) is 18.1 Å². The first-order chi connectivity index (χ1) is 7.42. The first-order valence-electron chi connectivity index (χ1n) is 4.82. The second-order valence-electron chi connectivity index (χ2n) is 3.38. The van der Waals surface area contributed by atoms with Crippen LogP contribution < -0.4 is 4.72 Å². The van der Waals surface area contributed by atoms with Crippen molar-refractivity contribution in [1.29, 1.82) is 0 Å². The molecule has 0 atom stereocenters. The summed E-state index contributed by atoms with van der Waals surface area (Å²) >= 11 is 3.25. The summed E-state index contributed by atoms with van der Waals surface area (Å²) in [5, 5.41) is 9.04. The van der Waals surface area contributed by atoms with Crippen LogP contribution >= 0.6 is 15.9 Å². The molecule has 16 heavy (non-hydrogen) atoms. The molecule has 0 saturated carbocycles. The molecule has 4 nitrogen and oxygen atoms in total. The molecular weight excluding hydrogens is 294 g/mol. The normalized spacial score (nSPS) is 11.8. The Bertz CT molecular complexity index is 485. The molecule has 0 amide bonds. The van der Waals surface area contributed by atoms with E-state index in [-0.39, 0.29) is 11.5 Å². The lowest BCUT2D eigenvalue weighted by atomic mass is 10.1. The smallest absolute Gasteiger partial charge is 0.241 e. The van der Waals surface area contributed by atoms with Gasteiger partial charge in [-0.25, -0.2) is 13.1 Å². The van der Waals surface area contributed by atoms with Crippen LogP contribution in [-0.4, -0.2) is 20.1 Å². The highest BCUT2D eigenvalue weighted by molar-refractivity contribution is 9.10. The van der Waals surface area contributed by atoms with Gasteiger partial charge in [0.2, 0.25) is 10.0 Å². The molecule has 0 radical (unpaired) electrons. The van der Waals surface area contributed by atoms with Crippen molar-refractivity contribution in [1.82, 2.24) is 4.72 Å². The Labute approximate surface area is 104 Å². The van der Waals surface area contributed by atoms with Crippen LogP contribution in [0.2, 0.25) is 0 Å². The molecule has 90 valence electrons. The van der Waals surface area contributed by atoms with Gasteiger partial charge in [-0.1, -0.05) is 13.0 Å². The molecule has 0 spiro atoms. The van der Waals surface area contributed by atoms with E-state index in [1.54, 1.807) is 19.9 Å². The Kier molecular flexibility index (Phi) is 4.49. The molecule has 1 aromatic carbocycles. The molecule has 1 rings (SSSR count). The predicted octanol–water partition coefficient (Wildman–Crippen LogP) is 1.55. The zero-order valence-corrected chi connectivity index (χ0v) is 11.5. The largest absolute Gasteiger partial charge is 0.392 e. The highest BCUT2D eigenvalue weighted by atomic mass is 79.9. The van der Waals surface area contributed by atoms with Gasteiger partial charge < -0.3 is 5.11 Å². The van der Waals surface area contributed by atoms with E-state index >= 15 is 0 Å². The number of hydrogen-bond donors (Lipinski definition) is 2. The van der Waals surface area contributed by atoms with Crippen LogP contribution in [0.25, 0.3) is 0 Å². The lowest BCUT2D eigenvalue weighted by Gasteiger charge is -2.10. The molecule has 0 bridgehead atoms. The van der Waals surface area contributed by atoms with Gasteiger partial charge in [0.15, 0.2) is 0 Å². The third-order valence-corrected chi connectivity index (χ3v) is 4.97. The van der Waals surface area contributed by atoms with Crippen LogP contribution in [0.5, 0.6) is 0 Å². The number of halogens is 1. The van der Waals surface area contributed by atoms with Crippen molar-refractivity contribution in [3.8, 4) is 0 Å². The molecule has 0 aliphatic carbocycles. The highest BCUT2D eigenvalue weighted by Crippen LogP contribution is 2.27. The van der Waals surface area contributed by atoms with E-state index in [0.717, 1.165) is 5.56 Å². The van der Waals surface area contributed by atoms with Gasteiger partial charge in [0, 0.05) is 11.0 Å². The molecular formula is C10H14BrNO3S. The summed E-state index contributed by atoms with van der Waals surface area (Å²) in [4.78, 5) is 0.165. The summed E-state index contributed by atoms with van der Waals surface area (Å²) in [6.45, 7) is 3.66. The lowest BCUT2D eigenvalue weighted by molar-refractivity contribution is 0.281. The van der Waals surface area contributed by atoms with Gasteiger partial charge in [0.25, 0.3) is 0 Å². The summed E-state index contributed by atoms with van der Waals surface area (Å²) in [6.07, 6.45) is 0. The van der Waals surface area contributed by atoms with Crippen molar-refractivity contribution in [3.05, 3.63) is 27.7 Å². The number of benzene rings is 1. The lowest BCUT2D eigenvalue weighted by Crippen LogP contribution is -2.23. The maximum Gasteiger partial charge on any atom is 0.241 e. The Morgan fingerprint density at radius 1 is 1.44 bits per heavy atom. The van der Waals surface area contributed by atoms with Crippen LogP contribution in [0.4, 0.5) is 0 Å². The van der Waals surface area contributed by atoms with E-state index in [9.17, 15) is 8.42 Å². The molecule has 0 heterocycles. The van der Waals surface area contributed by atoms with Gasteiger partial charge in [0.05, 0.1) is 11.5 Å². The van der Waals surface area contributed by atoms with Gasteiger partial charge in [-0.3, -0.25) is 0 Å². The van der Waals surface area contributed by atoms with E-state index < -0.39 is 10.0 Å². The second kappa shape index (κ2) is 5.27. The number of rotatable bonds is 4. The third-order valence-electron chi connectivity index (χ3n) is 2.09. The predicted molar refractivity (Wildman–Crippen MR) is 65.7 cm³/mol. The highest BCUT2D eigenvalue weighted by Gasteiger charge is 2.18. The molecule has 2 N–H and O–H groups in total. The second-order valence-corrected chi connectivity index (χ2v) is 5.91. The van der Waals surface area contributed by atoms with Gasteiger partial charge in [-0.05, 0) is 40.0 Å². The summed E-state index contributed by atoms with van der Waals surface area (Å²) < 4.78 is 26.7. The van der Waals surface area contributed by atoms with Crippen molar-refractivity contribution >= 4 is 26.0 Å². The third kappa shape index (κ3) is 2.82. The summed E-state index contributed by atoms with van der Waals surface area (Å²) in [6, 6.07) is 3.21. The average molecular weight is 308 g/mol. The van der Waals surface area contributed by atoms with Crippen LogP contribution in [-0.2, 0) is 16.6 Å². The first-order valence-corrected chi connectivity index (χ1v) is 7.09. The maximum atomic E-state index is 11.9. The topological polar surface area (TPSA) is 66.4 Å². The summed E-state index contributed by atoms with van der Waals surface area (Å²) in [5.74, 6) is 0. The van der Waals surface area contributed by atoms with Crippen molar-refractivity contribution in [2.75, 3.05) is 6.54 Å². The molecule has 0 unspecified atom stereocenters. The summed E-state index contributed by atoms with van der Waals surface area (Å²) in [7, 11) is -3.50. The van der Waals surface area contributed by atoms with Crippen molar-refractivity contribution in [2.24, 2.45) is 0 Å². The molecule has 0 aliphatic rings. The SMILES string of the molecule is CCNS(=O)(=O)c1cc(CO)cc(C)c1Br. The minimum absolute atomic E-state index is 0.165. The Morgan fingerprint density at radius 3 is 2.56 bits per heavy atom. The van der Waals surface area contributed by atoms with Gasteiger partial charge >= 0.3 is 0 Å². The summed E-state index contributed by atoms with van der Waals surface area (Å²) in [5.41, 5.74) is 1.36. The average Bonchev–Trinajstić information content (AvgIpc) is 2.21. The molecule has 0 aromatic heterocycles. The minimum atomic E-state index is -3.50. The number of aryl methyl sites for hydroxylation is 1. The zero-order chi connectivity index (χ0) is 12.3. The van der Waals surface area contributed by atoms with E-state index in [2.05, 4.69) is 20.7 Å². The van der Waals surface area contributed by atoms with Crippen molar-refractivity contribution in [2.45, 2.75) is 25.3 Å².